The van der Waals surface area contributed by atoms with E-state index in [-0.39, 0.29) is 11.7 Å². The minimum Gasteiger partial charge on any atom is -0.453 e. The second kappa shape index (κ2) is 6.98. The quantitative estimate of drug-likeness (QED) is 0.745. The van der Waals surface area contributed by atoms with E-state index < -0.39 is 0 Å². The summed E-state index contributed by atoms with van der Waals surface area (Å²) in [6.07, 6.45) is 0. The fourth-order valence-corrected chi connectivity index (χ4v) is 3.14. The molecule has 2 aromatic heterocycles. The first kappa shape index (κ1) is 16.4. The van der Waals surface area contributed by atoms with Crippen molar-refractivity contribution in [2.45, 2.75) is 20.5 Å². The molecule has 0 bridgehead atoms. The highest BCUT2D eigenvalue weighted by atomic mass is 32.1. The molecule has 0 unspecified atom stereocenters. The van der Waals surface area contributed by atoms with Crippen molar-refractivity contribution in [1.29, 1.82) is 0 Å². The molecule has 0 radical (unpaired) electrons. The van der Waals surface area contributed by atoms with Crippen molar-refractivity contribution in [1.82, 2.24) is 4.98 Å². The van der Waals surface area contributed by atoms with Gasteiger partial charge < -0.3 is 9.15 Å². The van der Waals surface area contributed by atoms with Crippen LogP contribution in [0.15, 0.2) is 40.1 Å². The molecule has 3 rings (SSSR count). The molecule has 5 nitrogen and oxygen atoms in total. The minimum atomic E-state index is -0.320. The highest BCUT2D eigenvalue weighted by molar-refractivity contribution is 7.14. The van der Waals surface area contributed by atoms with Gasteiger partial charge in [0.15, 0.2) is 10.9 Å². The molecule has 1 aromatic carbocycles. The Bertz CT molecular complexity index is 867. The average Bonchev–Trinajstić information content (AvgIpc) is 3.17. The maximum Gasteiger partial charge on any atom is 0.293 e. The van der Waals surface area contributed by atoms with Gasteiger partial charge in [0.2, 0.25) is 0 Å². The fourth-order valence-electron chi connectivity index (χ4n) is 2.43. The van der Waals surface area contributed by atoms with Crippen LogP contribution in [0.2, 0.25) is 0 Å². The van der Waals surface area contributed by atoms with Crippen molar-refractivity contribution < 1.29 is 13.9 Å². The Hall–Kier alpha value is -2.44. The molecule has 1 N–H and O–H groups in total. The lowest BCUT2D eigenvalue weighted by molar-refractivity contribution is 0.0987. The lowest BCUT2D eigenvalue weighted by Gasteiger charge is -2.03. The van der Waals surface area contributed by atoms with Gasteiger partial charge in [-0.25, -0.2) is 4.98 Å². The number of carbonyl (C=O) groups is 1. The zero-order valence-electron chi connectivity index (χ0n) is 13.8. The molecule has 6 heteroatoms. The second-order valence-electron chi connectivity index (χ2n) is 5.51. The summed E-state index contributed by atoms with van der Waals surface area (Å²) >= 11 is 1.39. The largest absolute Gasteiger partial charge is 0.453 e. The summed E-state index contributed by atoms with van der Waals surface area (Å²) < 4.78 is 10.4. The van der Waals surface area contributed by atoms with Gasteiger partial charge in [-0.05, 0) is 31.5 Å². The van der Waals surface area contributed by atoms with Gasteiger partial charge in [-0.15, -0.1) is 11.3 Å². The van der Waals surface area contributed by atoms with E-state index in [0.29, 0.717) is 17.5 Å². The Labute approximate surface area is 144 Å². The van der Waals surface area contributed by atoms with Gasteiger partial charge in [-0.1, -0.05) is 23.8 Å². The standard InChI is InChI=1S/C18H18N2O3S/c1-11-4-6-14(12(2)8-11)15-10-24-18(19-15)20-17(21)16-7-5-13(23-16)9-22-3/h4-8,10H,9H2,1-3H3,(H,19,20,21). The minimum absolute atomic E-state index is 0.241. The van der Waals surface area contributed by atoms with Crippen LogP contribution in [-0.4, -0.2) is 18.0 Å². The van der Waals surface area contributed by atoms with E-state index in [1.807, 2.05) is 5.38 Å². The monoisotopic (exact) mass is 342 g/mol. The van der Waals surface area contributed by atoms with Gasteiger partial charge in [-0.3, -0.25) is 10.1 Å². The van der Waals surface area contributed by atoms with E-state index in [1.54, 1.807) is 19.2 Å². The Morgan fingerprint density at radius 1 is 1.29 bits per heavy atom. The van der Waals surface area contributed by atoms with Crippen molar-refractivity contribution in [3.05, 3.63) is 58.4 Å². The summed E-state index contributed by atoms with van der Waals surface area (Å²) in [5.41, 5.74) is 4.29. The van der Waals surface area contributed by atoms with E-state index in [1.165, 1.54) is 16.9 Å². The fraction of sp³-hybridized carbons (Fsp3) is 0.222. The van der Waals surface area contributed by atoms with Crippen LogP contribution in [0.4, 0.5) is 5.13 Å². The molecule has 0 spiro atoms. The Balaban J connectivity index is 1.74. The highest BCUT2D eigenvalue weighted by Gasteiger charge is 2.14. The Morgan fingerprint density at radius 3 is 2.88 bits per heavy atom. The lowest BCUT2D eigenvalue weighted by atomic mass is 10.0. The number of hydrogen-bond donors (Lipinski definition) is 1. The summed E-state index contributed by atoms with van der Waals surface area (Å²) in [6, 6.07) is 9.58. The number of methoxy groups -OCH3 is 1. The van der Waals surface area contributed by atoms with Gasteiger partial charge in [0, 0.05) is 18.1 Å². The van der Waals surface area contributed by atoms with Crippen LogP contribution < -0.4 is 5.32 Å². The first-order valence-corrected chi connectivity index (χ1v) is 8.37. The van der Waals surface area contributed by atoms with Crippen LogP contribution in [-0.2, 0) is 11.3 Å². The number of thiazole rings is 1. The molecular weight excluding hydrogens is 324 g/mol. The number of carbonyl (C=O) groups excluding carboxylic acids is 1. The summed E-state index contributed by atoms with van der Waals surface area (Å²) in [7, 11) is 1.58. The van der Waals surface area contributed by atoms with Crippen LogP contribution in [0, 0.1) is 13.8 Å². The topological polar surface area (TPSA) is 64.4 Å². The first-order valence-electron chi connectivity index (χ1n) is 7.49. The van der Waals surface area contributed by atoms with E-state index in [2.05, 4.69) is 42.3 Å². The van der Waals surface area contributed by atoms with E-state index in [9.17, 15) is 4.79 Å². The molecule has 0 fully saturated rings. The van der Waals surface area contributed by atoms with E-state index in [0.717, 1.165) is 16.8 Å². The molecule has 0 aliphatic rings. The van der Waals surface area contributed by atoms with Crippen LogP contribution in [0.3, 0.4) is 0 Å². The van der Waals surface area contributed by atoms with E-state index >= 15 is 0 Å². The van der Waals surface area contributed by atoms with Crippen molar-refractivity contribution in [2.75, 3.05) is 12.4 Å². The lowest BCUT2D eigenvalue weighted by Crippen LogP contribution is -2.10. The van der Waals surface area contributed by atoms with Gasteiger partial charge in [0.25, 0.3) is 5.91 Å². The molecule has 0 aliphatic heterocycles. The molecule has 0 atom stereocenters. The summed E-state index contributed by atoms with van der Waals surface area (Å²) in [5.74, 6) is 0.530. The summed E-state index contributed by atoms with van der Waals surface area (Å²) in [6.45, 7) is 4.45. The number of ether oxygens (including phenoxy) is 1. The third-order valence-electron chi connectivity index (χ3n) is 3.55. The number of amides is 1. The third kappa shape index (κ3) is 3.55. The number of rotatable bonds is 5. The number of nitrogens with one attached hydrogen (secondary N) is 1. The molecule has 24 heavy (non-hydrogen) atoms. The maximum absolute atomic E-state index is 12.2. The van der Waals surface area contributed by atoms with Crippen LogP contribution in [0.5, 0.6) is 0 Å². The highest BCUT2D eigenvalue weighted by Crippen LogP contribution is 2.28. The number of aromatic nitrogens is 1. The van der Waals surface area contributed by atoms with Gasteiger partial charge in [0.1, 0.15) is 12.4 Å². The van der Waals surface area contributed by atoms with Crippen molar-refractivity contribution in [2.24, 2.45) is 0 Å². The van der Waals surface area contributed by atoms with Crippen molar-refractivity contribution in [3.63, 3.8) is 0 Å². The smallest absolute Gasteiger partial charge is 0.293 e. The molecule has 3 aromatic rings. The zero-order valence-corrected chi connectivity index (χ0v) is 14.6. The molecule has 0 saturated heterocycles. The molecule has 2 heterocycles. The molecule has 0 saturated carbocycles. The molecule has 124 valence electrons. The van der Waals surface area contributed by atoms with Crippen LogP contribution >= 0.6 is 11.3 Å². The number of benzene rings is 1. The maximum atomic E-state index is 12.2. The first-order chi connectivity index (χ1) is 11.6. The Kier molecular flexibility index (Phi) is 4.78. The Morgan fingerprint density at radius 2 is 2.12 bits per heavy atom. The number of anilines is 1. The molecular formula is C18H18N2O3S. The number of aryl methyl sites for hydroxylation is 2. The predicted octanol–water partition coefficient (Wildman–Crippen LogP) is 4.42. The van der Waals surface area contributed by atoms with Gasteiger partial charge in [-0.2, -0.15) is 0 Å². The molecule has 0 aliphatic carbocycles. The van der Waals surface area contributed by atoms with E-state index in [4.69, 9.17) is 9.15 Å². The second-order valence-corrected chi connectivity index (χ2v) is 6.37. The van der Waals surface area contributed by atoms with Gasteiger partial charge in [0.05, 0.1) is 5.69 Å². The van der Waals surface area contributed by atoms with Crippen LogP contribution in [0.25, 0.3) is 11.3 Å². The zero-order chi connectivity index (χ0) is 17.1. The average molecular weight is 342 g/mol. The normalized spacial score (nSPS) is 10.8. The third-order valence-corrected chi connectivity index (χ3v) is 4.31. The van der Waals surface area contributed by atoms with Crippen LogP contribution in [0.1, 0.15) is 27.4 Å². The van der Waals surface area contributed by atoms with Gasteiger partial charge >= 0.3 is 0 Å². The van der Waals surface area contributed by atoms with Crippen molar-refractivity contribution in [3.8, 4) is 11.3 Å². The summed E-state index contributed by atoms with van der Waals surface area (Å²) in [4.78, 5) is 16.7. The summed E-state index contributed by atoms with van der Waals surface area (Å²) in [5, 5.41) is 5.25. The SMILES string of the molecule is COCc1ccc(C(=O)Nc2nc(-c3ccc(C)cc3C)cs2)o1. The number of nitrogens with zero attached hydrogens (tertiary/aromatic N) is 1. The number of hydrogen-bond acceptors (Lipinski definition) is 5. The van der Waals surface area contributed by atoms with Crippen molar-refractivity contribution >= 4 is 22.4 Å². The number of furan rings is 1. The predicted molar refractivity (Wildman–Crippen MR) is 94.4 cm³/mol. The molecule has 1 amide bonds.